The van der Waals surface area contributed by atoms with Crippen LogP contribution >= 0.6 is 34.9 Å². The first kappa shape index (κ1) is 56.0. The number of anilines is 3. The van der Waals surface area contributed by atoms with Crippen molar-refractivity contribution in [3.63, 3.8) is 0 Å². The maximum absolute atomic E-state index is 12.9. The third-order valence-corrected chi connectivity index (χ3v) is 14.0. The summed E-state index contributed by atoms with van der Waals surface area (Å²) in [7, 11) is 0. The van der Waals surface area contributed by atoms with E-state index in [0.29, 0.717) is 47.4 Å². The molecule has 0 aliphatic rings. The molecule has 79 heavy (non-hydrogen) atoms. The minimum Gasteiger partial charge on any atom is -0.753 e. The van der Waals surface area contributed by atoms with E-state index in [0.717, 1.165) is 22.6 Å². The van der Waals surface area contributed by atoms with Crippen molar-refractivity contribution in [2.45, 2.75) is 6.18 Å². The SMILES string of the molecule is N=C(/C=C(\[NH-])c1cc(-c2ccc(N(c3ccc4c(c3)sc3ccccc34)c3ccc4sc5ccccc5c4c3)cc2)ccn1)C(F)(F)F.O=COc1ccnc(-c2cc(OC=O)cc(-c3cc(OC=O)ccn3)n2)c1.[N-]=C=S.[Ru+2]. The van der Waals surface area contributed by atoms with Crippen LogP contribution in [0.5, 0.6) is 17.2 Å². The second kappa shape index (κ2) is 25.3. The van der Waals surface area contributed by atoms with Crippen molar-refractivity contribution in [1.29, 1.82) is 5.41 Å². The predicted octanol–water partition coefficient (Wildman–Crippen LogP) is 15.4. The molecule has 0 saturated carbocycles. The summed E-state index contributed by atoms with van der Waals surface area (Å²) in [6, 6.07) is 50.3. The average Bonchev–Trinajstić information content (AvgIpc) is 4.20. The third-order valence-electron chi connectivity index (χ3n) is 11.7. The molecule has 6 heterocycles. The number of carbonyl (C=O) groups excluding carboxylic acids is 3. The summed E-state index contributed by atoms with van der Waals surface area (Å²) < 4.78 is 58.1. The number of benzene rings is 5. The third kappa shape index (κ3) is 13.0. The van der Waals surface area contributed by atoms with Crippen molar-refractivity contribution in [2.24, 2.45) is 0 Å². The first-order valence-electron chi connectivity index (χ1n) is 22.9. The average molecular weight is 1190 g/mol. The van der Waals surface area contributed by atoms with Gasteiger partial charge in [0.2, 0.25) is 0 Å². The molecule has 0 aliphatic heterocycles. The summed E-state index contributed by atoms with van der Waals surface area (Å²) in [5.41, 5.74) is 12.0. The maximum atomic E-state index is 12.9. The number of halogens is 3. The Morgan fingerprint density at radius 3 is 1.65 bits per heavy atom. The summed E-state index contributed by atoms with van der Waals surface area (Å²) >= 11 is 7.25. The van der Waals surface area contributed by atoms with Gasteiger partial charge in [0.05, 0.1) is 22.8 Å². The Kier molecular flexibility index (Phi) is 17.9. The van der Waals surface area contributed by atoms with Crippen LogP contribution in [0.3, 0.4) is 0 Å². The minimum absolute atomic E-state index is 0. The predicted molar refractivity (Wildman–Crippen MR) is 303 cm³/mol. The number of nitrogens with zero attached hydrogens (tertiary/aromatic N) is 6. The molecule has 0 atom stereocenters. The van der Waals surface area contributed by atoms with Gasteiger partial charge in [-0.2, -0.15) is 18.3 Å². The monoisotopic (exact) mass is 1190 g/mol. The van der Waals surface area contributed by atoms with E-state index < -0.39 is 17.6 Å². The van der Waals surface area contributed by atoms with Gasteiger partial charge in [0.1, 0.15) is 23.0 Å². The Morgan fingerprint density at radius 1 is 0.570 bits per heavy atom. The molecule has 6 aromatic heterocycles. The largest absolute Gasteiger partial charge is 2.00 e. The number of alkyl halides is 3. The molecule has 0 bridgehead atoms. The molecular formula is C58H35F3N8O6RuS3. The molecule has 0 amide bonds. The van der Waals surface area contributed by atoms with Crippen LogP contribution in [0.1, 0.15) is 5.69 Å². The first-order chi connectivity index (χ1) is 37.9. The Balaban J connectivity index is 0.000000225. The molecule has 11 rings (SSSR count). The van der Waals surface area contributed by atoms with Gasteiger partial charge in [0.25, 0.3) is 19.4 Å². The molecule has 0 spiro atoms. The van der Waals surface area contributed by atoms with Crippen molar-refractivity contribution in [3.05, 3.63) is 199 Å². The van der Waals surface area contributed by atoms with Crippen LogP contribution in [0.15, 0.2) is 182 Å². The molecule has 390 valence electrons. The van der Waals surface area contributed by atoms with E-state index >= 15 is 0 Å². The zero-order valence-corrected chi connectivity index (χ0v) is 44.6. The Labute approximate surface area is 473 Å². The van der Waals surface area contributed by atoms with E-state index in [1.54, 1.807) is 34.8 Å². The Hall–Kier alpha value is -9.23. The zero-order valence-electron chi connectivity index (χ0n) is 40.4. The van der Waals surface area contributed by atoms with Crippen LogP contribution in [0.25, 0.3) is 91.1 Å². The number of thiophene rings is 2. The summed E-state index contributed by atoms with van der Waals surface area (Å²) in [4.78, 5) is 50.9. The van der Waals surface area contributed by atoms with Crippen LogP contribution in [0.2, 0.25) is 0 Å². The molecule has 0 unspecified atom stereocenters. The molecule has 0 radical (unpaired) electrons. The van der Waals surface area contributed by atoms with Crippen LogP contribution in [0.4, 0.5) is 30.2 Å². The molecule has 5 aromatic carbocycles. The number of rotatable bonds is 14. The molecular weight excluding hydrogens is 1160 g/mol. The fourth-order valence-corrected chi connectivity index (χ4v) is 10.5. The van der Waals surface area contributed by atoms with Gasteiger partial charge in [0.15, 0.2) is 0 Å². The number of isothiocyanates is 1. The number of pyridine rings is 4. The van der Waals surface area contributed by atoms with Gasteiger partial charge in [-0.1, -0.05) is 66.8 Å². The molecule has 0 fully saturated rings. The molecule has 2 N–H and O–H groups in total. The van der Waals surface area contributed by atoms with Gasteiger partial charge in [0, 0.05) is 106 Å². The van der Waals surface area contributed by atoms with Crippen molar-refractivity contribution < 1.29 is 61.2 Å². The number of hydrogen-bond acceptors (Lipinski definition) is 15. The molecule has 11 aromatic rings. The second-order valence-corrected chi connectivity index (χ2v) is 18.7. The zero-order chi connectivity index (χ0) is 54.8. The maximum Gasteiger partial charge on any atom is 2.00 e. The van der Waals surface area contributed by atoms with E-state index in [-0.39, 0.29) is 48.9 Å². The standard InChI is InChI=1S/C39H24F3N4S2.C18H11N3O6.CNS.Ru/c40-39(41,42)38(44)22-32(43)33-19-24(17-18-45-33)23-9-11-25(12-10-23)46(26-14-16-36-31(20-26)29-6-2-4-8-35(29)47-36)27-13-15-30-28-5-1-3-7-34(28)48-37(30)21-27;22-9-25-12-1-3-19-15(5-12)17-7-14(27-11-24)8-18(21-17)16-6-13(26-10-23)2-4-20-16;2-1-3;/h1-22,43-44H;1-11H;;/q-1;;-1;+2/b32-22-,44-38?;;;. The smallest absolute Gasteiger partial charge is 0.753 e. The van der Waals surface area contributed by atoms with E-state index in [1.807, 2.05) is 24.3 Å². The topological polar surface area (TPSA) is 204 Å². The summed E-state index contributed by atoms with van der Waals surface area (Å²) in [6.07, 6.45) is 0.00636. The number of hydrogen-bond donors (Lipinski definition) is 1. The number of ether oxygens (including phenoxy) is 3. The normalized spacial score (nSPS) is 11.0. The summed E-state index contributed by atoms with van der Waals surface area (Å²) in [6.45, 7) is 0.875. The van der Waals surface area contributed by atoms with Crippen molar-refractivity contribution in [3.8, 4) is 51.2 Å². The van der Waals surface area contributed by atoms with E-state index in [1.165, 1.54) is 100 Å². The molecule has 21 heteroatoms. The Morgan fingerprint density at radius 2 is 1.05 bits per heavy atom. The van der Waals surface area contributed by atoms with E-state index in [9.17, 15) is 27.6 Å². The van der Waals surface area contributed by atoms with Crippen molar-refractivity contribution in [2.75, 3.05) is 4.90 Å². The van der Waals surface area contributed by atoms with Crippen LogP contribution < -0.4 is 19.1 Å². The van der Waals surface area contributed by atoms with Crippen LogP contribution in [-0.4, -0.2) is 56.4 Å². The van der Waals surface area contributed by atoms with Crippen molar-refractivity contribution in [1.82, 2.24) is 19.9 Å². The van der Waals surface area contributed by atoms with E-state index in [4.69, 9.17) is 30.8 Å². The van der Waals surface area contributed by atoms with Gasteiger partial charge in [-0.3, -0.25) is 34.7 Å². The van der Waals surface area contributed by atoms with Crippen LogP contribution in [-0.2, 0) is 33.9 Å². The summed E-state index contributed by atoms with van der Waals surface area (Å²) in [5, 5.41) is 20.6. The fraction of sp³-hybridized carbons (Fsp3) is 0.0172. The molecule has 14 nitrogen and oxygen atoms in total. The Bertz CT molecular complexity index is 4060. The number of nitrogens with one attached hydrogen (secondary N) is 2. The number of thiocarbonyl (C=S) groups is 1. The van der Waals surface area contributed by atoms with Gasteiger partial charge < -0.3 is 30.3 Å². The number of aromatic nitrogens is 4. The summed E-state index contributed by atoms with van der Waals surface area (Å²) in [5.74, 6) is 0.760. The van der Waals surface area contributed by atoms with Crippen LogP contribution in [0, 0.1) is 5.41 Å². The number of carbonyl (C=O) groups is 3. The first-order valence-corrected chi connectivity index (χ1v) is 25.0. The molecule has 0 saturated heterocycles. The van der Waals surface area contributed by atoms with Crippen molar-refractivity contribution >= 4 is 128 Å². The van der Waals surface area contributed by atoms with Gasteiger partial charge in [-0.15, -0.1) is 28.4 Å². The molecule has 0 aliphatic carbocycles. The number of fused-ring (bicyclic) bond motifs is 6. The number of allylic oxidation sites excluding steroid dienone is 1. The fourth-order valence-electron chi connectivity index (χ4n) is 8.27. The van der Waals surface area contributed by atoms with Gasteiger partial charge in [-0.05, 0) is 96.1 Å². The minimum atomic E-state index is -4.83. The van der Waals surface area contributed by atoms with Gasteiger partial charge >= 0.3 is 25.7 Å². The quantitative estimate of drug-likeness (QED) is 0.0467. The van der Waals surface area contributed by atoms with E-state index in [2.05, 4.69) is 122 Å². The second-order valence-electron chi connectivity index (χ2n) is 16.4. The van der Waals surface area contributed by atoms with Gasteiger partial charge in [-0.25, -0.2) is 4.98 Å².